The second-order valence-corrected chi connectivity index (χ2v) is 5.12. The Kier molecular flexibility index (Phi) is 6.32. The molecule has 0 saturated carbocycles. The largest absolute Gasteiger partial charge is 0.338 e. The number of nitrogens with one attached hydrogen (secondary N) is 2. The maximum absolute atomic E-state index is 11.8. The van der Waals surface area contributed by atoms with Gasteiger partial charge in [-0.2, -0.15) is 0 Å². The van der Waals surface area contributed by atoms with E-state index in [0.29, 0.717) is 18.8 Å². The molecule has 1 aromatic rings. The minimum atomic E-state index is -1.05. The summed E-state index contributed by atoms with van der Waals surface area (Å²) in [7, 11) is -1.05. The molecule has 1 aromatic carbocycles. The number of carbonyl (C=O) groups is 1. The van der Waals surface area contributed by atoms with Crippen LogP contribution in [0.4, 0.5) is 4.79 Å². The van der Waals surface area contributed by atoms with E-state index >= 15 is 0 Å². The maximum atomic E-state index is 11.8. The third-order valence-electron chi connectivity index (χ3n) is 2.11. The molecule has 17 heavy (non-hydrogen) atoms. The topological polar surface area (TPSA) is 58.2 Å². The Bertz CT molecular complexity index is 368. The summed E-state index contributed by atoms with van der Waals surface area (Å²) in [5, 5.41) is 5.37. The minimum absolute atomic E-state index is 0.197. The van der Waals surface area contributed by atoms with E-state index in [4.69, 9.17) is 0 Å². The van der Waals surface area contributed by atoms with Crippen molar-refractivity contribution in [1.82, 2.24) is 10.6 Å². The van der Waals surface area contributed by atoms with Gasteiger partial charge in [-0.05, 0) is 18.6 Å². The summed E-state index contributed by atoms with van der Waals surface area (Å²) >= 11 is 0. The molecule has 2 N–H and O–H groups in total. The summed E-state index contributed by atoms with van der Waals surface area (Å²) in [5.41, 5.74) is 0. The van der Waals surface area contributed by atoms with Crippen LogP contribution in [0.25, 0.3) is 0 Å². The average molecular weight is 254 g/mol. The fourth-order valence-corrected chi connectivity index (χ4v) is 2.23. The summed E-state index contributed by atoms with van der Waals surface area (Å²) in [4.78, 5) is 12.0. The Hall–Kier alpha value is -1.36. The van der Waals surface area contributed by atoms with Crippen LogP contribution in [-0.4, -0.2) is 29.1 Å². The standard InChI is InChI=1S/C12H18N2O2S/c1-2-8-13-12(15)14-9-10-17(16)11-6-4-3-5-7-11/h3-7H,2,8-10H2,1H3,(H2,13,14,15). The van der Waals surface area contributed by atoms with E-state index in [1.54, 1.807) is 0 Å². The quantitative estimate of drug-likeness (QED) is 0.808. The summed E-state index contributed by atoms with van der Waals surface area (Å²) in [6, 6.07) is 9.05. The molecule has 94 valence electrons. The zero-order valence-electron chi connectivity index (χ0n) is 9.94. The van der Waals surface area contributed by atoms with Crippen molar-refractivity contribution in [2.24, 2.45) is 0 Å². The van der Waals surface area contributed by atoms with E-state index in [1.165, 1.54) is 0 Å². The second-order valence-electron chi connectivity index (χ2n) is 3.55. The van der Waals surface area contributed by atoms with Crippen molar-refractivity contribution < 1.29 is 9.00 Å². The Morgan fingerprint density at radius 1 is 1.18 bits per heavy atom. The molecule has 5 heteroatoms. The Morgan fingerprint density at radius 2 is 1.82 bits per heavy atom. The van der Waals surface area contributed by atoms with Gasteiger partial charge < -0.3 is 10.6 Å². The molecule has 1 unspecified atom stereocenters. The molecule has 0 fully saturated rings. The minimum Gasteiger partial charge on any atom is -0.338 e. The lowest BCUT2D eigenvalue weighted by atomic mass is 10.4. The highest BCUT2D eigenvalue weighted by Gasteiger charge is 2.03. The molecule has 0 aliphatic carbocycles. The molecule has 0 aromatic heterocycles. The van der Waals surface area contributed by atoms with Crippen LogP contribution in [0.1, 0.15) is 13.3 Å². The molecule has 1 atom stereocenters. The molecular formula is C12H18N2O2S. The number of carbonyl (C=O) groups excluding carboxylic acids is 1. The van der Waals surface area contributed by atoms with Gasteiger partial charge in [-0.15, -0.1) is 0 Å². The number of urea groups is 1. The summed E-state index contributed by atoms with van der Waals surface area (Å²) < 4.78 is 11.8. The van der Waals surface area contributed by atoms with Crippen molar-refractivity contribution in [2.75, 3.05) is 18.8 Å². The lowest BCUT2D eigenvalue weighted by Crippen LogP contribution is -2.37. The van der Waals surface area contributed by atoms with Crippen molar-refractivity contribution in [1.29, 1.82) is 0 Å². The zero-order valence-corrected chi connectivity index (χ0v) is 10.8. The fraction of sp³-hybridized carbons (Fsp3) is 0.417. The Balaban J connectivity index is 2.23. The number of hydrogen-bond donors (Lipinski definition) is 2. The van der Waals surface area contributed by atoms with E-state index in [9.17, 15) is 9.00 Å². The normalized spacial score (nSPS) is 11.8. The molecular weight excluding hydrogens is 236 g/mol. The van der Waals surface area contributed by atoms with Crippen LogP contribution in [0.2, 0.25) is 0 Å². The van der Waals surface area contributed by atoms with Crippen molar-refractivity contribution in [3.8, 4) is 0 Å². The number of hydrogen-bond acceptors (Lipinski definition) is 2. The third kappa shape index (κ3) is 5.49. The summed E-state index contributed by atoms with van der Waals surface area (Å²) in [5.74, 6) is 0.434. The second kappa shape index (κ2) is 7.84. The third-order valence-corrected chi connectivity index (χ3v) is 3.49. The van der Waals surface area contributed by atoms with E-state index in [1.807, 2.05) is 37.3 Å². The lowest BCUT2D eigenvalue weighted by Gasteiger charge is -2.06. The van der Waals surface area contributed by atoms with Crippen LogP contribution in [0, 0.1) is 0 Å². The van der Waals surface area contributed by atoms with Crippen LogP contribution in [0.3, 0.4) is 0 Å². The molecule has 0 bridgehead atoms. The molecule has 1 rings (SSSR count). The predicted octanol–water partition coefficient (Wildman–Crippen LogP) is 1.50. The first-order chi connectivity index (χ1) is 8.24. The van der Waals surface area contributed by atoms with Crippen LogP contribution >= 0.6 is 0 Å². The summed E-state index contributed by atoms with van der Waals surface area (Å²) in [6.45, 7) is 3.06. The van der Waals surface area contributed by atoms with Crippen LogP contribution in [-0.2, 0) is 10.8 Å². The summed E-state index contributed by atoms with van der Waals surface area (Å²) in [6.07, 6.45) is 0.906. The van der Waals surface area contributed by atoms with Gasteiger partial charge in [0, 0.05) is 23.7 Å². The van der Waals surface area contributed by atoms with Gasteiger partial charge in [0.15, 0.2) is 0 Å². The fourth-order valence-electron chi connectivity index (χ4n) is 1.25. The first-order valence-corrected chi connectivity index (χ1v) is 7.01. The van der Waals surface area contributed by atoms with E-state index in [-0.39, 0.29) is 6.03 Å². The van der Waals surface area contributed by atoms with Gasteiger partial charge in [-0.25, -0.2) is 4.79 Å². The molecule has 0 radical (unpaired) electrons. The van der Waals surface area contributed by atoms with Gasteiger partial charge in [-0.3, -0.25) is 4.21 Å². The van der Waals surface area contributed by atoms with Gasteiger partial charge in [0.1, 0.15) is 0 Å². The van der Waals surface area contributed by atoms with Crippen LogP contribution < -0.4 is 10.6 Å². The van der Waals surface area contributed by atoms with Gasteiger partial charge in [0.05, 0.1) is 10.8 Å². The van der Waals surface area contributed by atoms with Crippen molar-refractivity contribution in [3.05, 3.63) is 30.3 Å². The zero-order chi connectivity index (χ0) is 12.5. The molecule has 0 aliphatic heterocycles. The van der Waals surface area contributed by atoms with Gasteiger partial charge in [0.2, 0.25) is 0 Å². The van der Waals surface area contributed by atoms with Crippen molar-refractivity contribution >= 4 is 16.8 Å². The Morgan fingerprint density at radius 3 is 2.47 bits per heavy atom. The molecule has 0 heterocycles. The predicted molar refractivity (Wildman–Crippen MR) is 69.4 cm³/mol. The van der Waals surface area contributed by atoms with E-state index in [0.717, 1.165) is 11.3 Å². The monoisotopic (exact) mass is 254 g/mol. The molecule has 4 nitrogen and oxygen atoms in total. The molecule has 0 spiro atoms. The molecule has 0 saturated heterocycles. The number of amides is 2. The van der Waals surface area contributed by atoms with E-state index < -0.39 is 10.8 Å². The average Bonchev–Trinajstić information content (AvgIpc) is 2.37. The van der Waals surface area contributed by atoms with E-state index in [2.05, 4.69) is 10.6 Å². The number of benzene rings is 1. The van der Waals surface area contributed by atoms with Crippen LogP contribution in [0.15, 0.2) is 35.2 Å². The lowest BCUT2D eigenvalue weighted by molar-refractivity contribution is 0.241. The first-order valence-electron chi connectivity index (χ1n) is 5.69. The van der Waals surface area contributed by atoms with Gasteiger partial charge in [-0.1, -0.05) is 25.1 Å². The smallest absolute Gasteiger partial charge is 0.314 e. The first kappa shape index (κ1) is 13.7. The van der Waals surface area contributed by atoms with Crippen molar-refractivity contribution in [2.45, 2.75) is 18.2 Å². The highest BCUT2D eigenvalue weighted by molar-refractivity contribution is 7.85. The van der Waals surface area contributed by atoms with Gasteiger partial charge >= 0.3 is 6.03 Å². The highest BCUT2D eigenvalue weighted by atomic mass is 32.2. The Labute approximate surface area is 104 Å². The van der Waals surface area contributed by atoms with Crippen LogP contribution in [0.5, 0.6) is 0 Å². The van der Waals surface area contributed by atoms with Crippen molar-refractivity contribution in [3.63, 3.8) is 0 Å². The highest BCUT2D eigenvalue weighted by Crippen LogP contribution is 2.04. The molecule has 2 amide bonds. The maximum Gasteiger partial charge on any atom is 0.314 e. The SMILES string of the molecule is CCCNC(=O)NCCS(=O)c1ccccc1. The molecule has 0 aliphatic rings. The van der Waals surface area contributed by atoms with Gasteiger partial charge in [0.25, 0.3) is 0 Å². The number of rotatable bonds is 6.